The average Bonchev–Trinajstić information content (AvgIpc) is 2.99. The van der Waals surface area contributed by atoms with Crippen molar-refractivity contribution in [3.8, 4) is 0 Å². The number of hydrogen-bond donors (Lipinski definition) is 2. The predicted molar refractivity (Wildman–Crippen MR) is 99.2 cm³/mol. The van der Waals surface area contributed by atoms with Crippen molar-refractivity contribution in [1.29, 1.82) is 0 Å². The Bertz CT molecular complexity index is 431. The highest BCUT2D eigenvalue weighted by atomic mass is 127. The first-order valence-corrected chi connectivity index (χ1v) is 8.13. The van der Waals surface area contributed by atoms with Crippen molar-refractivity contribution in [2.45, 2.75) is 52.1 Å². The molecule has 2 atom stereocenters. The van der Waals surface area contributed by atoms with Crippen molar-refractivity contribution < 1.29 is 0 Å². The van der Waals surface area contributed by atoms with E-state index in [1.54, 1.807) is 0 Å². The third-order valence-corrected chi connectivity index (χ3v) is 4.85. The van der Waals surface area contributed by atoms with E-state index in [0.29, 0.717) is 6.04 Å². The maximum atomic E-state index is 4.30. The van der Waals surface area contributed by atoms with Crippen LogP contribution in [-0.2, 0) is 13.0 Å². The van der Waals surface area contributed by atoms with E-state index in [-0.39, 0.29) is 24.0 Å². The summed E-state index contributed by atoms with van der Waals surface area (Å²) in [6, 6.07) is 5.07. The second-order valence-electron chi connectivity index (χ2n) is 5.18. The highest BCUT2D eigenvalue weighted by Crippen LogP contribution is 2.34. The van der Waals surface area contributed by atoms with E-state index in [4.69, 9.17) is 0 Å². The molecule has 2 N–H and O–H groups in total. The highest BCUT2D eigenvalue weighted by Gasteiger charge is 2.36. The van der Waals surface area contributed by atoms with Gasteiger partial charge in [-0.3, -0.25) is 4.99 Å². The van der Waals surface area contributed by atoms with Crippen LogP contribution in [0.3, 0.4) is 0 Å². The number of guanidine groups is 1. The monoisotopic (exact) mass is 407 g/mol. The molecule has 2 rings (SSSR count). The van der Waals surface area contributed by atoms with Crippen LogP contribution < -0.4 is 10.6 Å². The molecule has 3 nitrogen and oxygen atoms in total. The molecule has 114 valence electrons. The van der Waals surface area contributed by atoms with Crippen molar-refractivity contribution in [2.75, 3.05) is 7.05 Å². The Hall–Kier alpha value is -0.300. The van der Waals surface area contributed by atoms with Crippen LogP contribution in [-0.4, -0.2) is 19.0 Å². The van der Waals surface area contributed by atoms with Crippen LogP contribution in [0, 0.1) is 5.92 Å². The topological polar surface area (TPSA) is 36.4 Å². The molecule has 1 aliphatic carbocycles. The molecule has 1 heterocycles. The molecule has 0 spiro atoms. The lowest BCUT2D eigenvalue weighted by Crippen LogP contribution is -2.38. The van der Waals surface area contributed by atoms with E-state index < -0.39 is 0 Å². The number of nitrogens with one attached hydrogen (secondary N) is 2. The van der Waals surface area contributed by atoms with Crippen LogP contribution in [0.2, 0.25) is 0 Å². The van der Waals surface area contributed by atoms with Gasteiger partial charge in [0.1, 0.15) is 0 Å². The number of aryl methyl sites for hydroxylation is 1. The molecule has 0 amide bonds. The van der Waals surface area contributed by atoms with Gasteiger partial charge in [-0.05, 0) is 37.3 Å². The minimum atomic E-state index is 0. The van der Waals surface area contributed by atoms with Crippen LogP contribution in [0.25, 0.3) is 0 Å². The van der Waals surface area contributed by atoms with Crippen LogP contribution in [0.5, 0.6) is 0 Å². The van der Waals surface area contributed by atoms with Gasteiger partial charge in [0.15, 0.2) is 5.96 Å². The van der Waals surface area contributed by atoms with Gasteiger partial charge in [-0.25, -0.2) is 0 Å². The van der Waals surface area contributed by atoms with Crippen molar-refractivity contribution in [3.05, 3.63) is 21.9 Å². The molecule has 1 fully saturated rings. The van der Waals surface area contributed by atoms with Crippen molar-refractivity contribution >= 4 is 41.3 Å². The molecule has 0 aliphatic heterocycles. The fraction of sp³-hybridized carbons (Fsp3) is 0.667. The largest absolute Gasteiger partial charge is 0.353 e. The van der Waals surface area contributed by atoms with Gasteiger partial charge in [0, 0.05) is 22.8 Å². The fourth-order valence-corrected chi connectivity index (χ4v) is 3.26. The second kappa shape index (κ2) is 8.87. The zero-order valence-corrected chi connectivity index (χ0v) is 15.8. The van der Waals surface area contributed by atoms with Crippen molar-refractivity contribution in [3.63, 3.8) is 0 Å². The van der Waals surface area contributed by atoms with Crippen LogP contribution >= 0.6 is 35.3 Å². The lowest BCUT2D eigenvalue weighted by molar-refractivity contribution is 0.655. The minimum Gasteiger partial charge on any atom is -0.353 e. The zero-order valence-electron chi connectivity index (χ0n) is 12.6. The van der Waals surface area contributed by atoms with Crippen LogP contribution in [0.1, 0.15) is 42.9 Å². The molecule has 1 saturated carbocycles. The molecule has 0 radical (unpaired) electrons. The van der Waals surface area contributed by atoms with Gasteiger partial charge < -0.3 is 10.6 Å². The van der Waals surface area contributed by atoms with Gasteiger partial charge in [-0.2, -0.15) is 0 Å². The lowest BCUT2D eigenvalue weighted by Gasteiger charge is -2.10. The van der Waals surface area contributed by atoms with Crippen LogP contribution in [0.15, 0.2) is 17.1 Å². The first-order chi connectivity index (χ1) is 9.26. The number of rotatable bonds is 6. The molecule has 0 bridgehead atoms. The van der Waals surface area contributed by atoms with Gasteiger partial charge in [-0.15, -0.1) is 35.3 Å². The minimum absolute atomic E-state index is 0. The van der Waals surface area contributed by atoms with E-state index >= 15 is 0 Å². The first kappa shape index (κ1) is 17.8. The molecular weight excluding hydrogens is 381 g/mol. The molecule has 20 heavy (non-hydrogen) atoms. The summed E-state index contributed by atoms with van der Waals surface area (Å²) in [6.07, 6.45) is 5.04. The summed E-state index contributed by atoms with van der Waals surface area (Å²) in [6.45, 7) is 5.32. The maximum absolute atomic E-state index is 4.30. The average molecular weight is 407 g/mol. The van der Waals surface area contributed by atoms with Crippen LogP contribution in [0.4, 0.5) is 0 Å². The quantitative estimate of drug-likeness (QED) is 0.428. The van der Waals surface area contributed by atoms with E-state index in [1.165, 1.54) is 29.0 Å². The third kappa shape index (κ3) is 5.24. The molecule has 1 aromatic heterocycles. The summed E-state index contributed by atoms with van der Waals surface area (Å²) in [5, 5.41) is 6.92. The van der Waals surface area contributed by atoms with E-state index in [9.17, 15) is 0 Å². The summed E-state index contributed by atoms with van der Waals surface area (Å²) in [4.78, 5) is 7.13. The van der Waals surface area contributed by atoms with Gasteiger partial charge >= 0.3 is 0 Å². The smallest absolute Gasteiger partial charge is 0.191 e. The Labute approximate surface area is 143 Å². The Kier molecular flexibility index (Phi) is 7.87. The summed E-state index contributed by atoms with van der Waals surface area (Å²) >= 11 is 1.88. The summed E-state index contributed by atoms with van der Waals surface area (Å²) in [7, 11) is 1.85. The van der Waals surface area contributed by atoms with E-state index in [0.717, 1.165) is 24.8 Å². The van der Waals surface area contributed by atoms with Gasteiger partial charge in [0.05, 0.1) is 6.54 Å². The Morgan fingerprint density at radius 3 is 2.70 bits per heavy atom. The Morgan fingerprint density at radius 2 is 2.10 bits per heavy atom. The molecular formula is C15H26IN3S. The third-order valence-electron chi connectivity index (χ3n) is 3.62. The summed E-state index contributed by atoms with van der Waals surface area (Å²) in [5.41, 5.74) is 0. The molecule has 0 aromatic carbocycles. The number of hydrogen-bond acceptors (Lipinski definition) is 2. The normalized spacial score (nSPS) is 21.2. The number of nitrogens with zero attached hydrogens (tertiary/aromatic N) is 1. The predicted octanol–water partition coefficient (Wildman–Crippen LogP) is 3.78. The number of halogens is 1. The molecule has 5 heteroatoms. The zero-order chi connectivity index (χ0) is 13.7. The van der Waals surface area contributed by atoms with Gasteiger partial charge in [0.2, 0.25) is 0 Å². The fourth-order valence-electron chi connectivity index (χ4n) is 2.36. The van der Waals surface area contributed by atoms with Gasteiger partial charge in [-0.1, -0.05) is 20.3 Å². The standard InChI is InChI=1S/C15H25N3S.HI/c1-4-6-11-9-14(11)18-15(16-3)17-10-13-8-7-12(5-2)19-13;/h7-8,11,14H,4-6,9-10H2,1-3H3,(H2,16,17,18);1H. The summed E-state index contributed by atoms with van der Waals surface area (Å²) < 4.78 is 0. The number of thiophene rings is 1. The van der Waals surface area contributed by atoms with E-state index in [2.05, 4.69) is 41.6 Å². The van der Waals surface area contributed by atoms with Crippen molar-refractivity contribution in [2.24, 2.45) is 10.9 Å². The molecule has 1 aromatic rings. The molecule has 2 unspecified atom stereocenters. The molecule has 0 saturated heterocycles. The SMILES string of the molecule is CCCC1CC1NC(=NC)NCc1ccc(CC)s1.I. The van der Waals surface area contributed by atoms with Gasteiger partial charge in [0.25, 0.3) is 0 Å². The maximum Gasteiger partial charge on any atom is 0.191 e. The lowest BCUT2D eigenvalue weighted by atomic mass is 10.2. The summed E-state index contributed by atoms with van der Waals surface area (Å²) in [5.74, 6) is 1.80. The first-order valence-electron chi connectivity index (χ1n) is 7.31. The molecule has 1 aliphatic rings. The second-order valence-corrected chi connectivity index (χ2v) is 6.44. The van der Waals surface area contributed by atoms with Crippen molar-refractivity contribution in [1.82, 2.24) is 10.6 Å². The highest BCUT2D eigenvalue weighted by molar-refractivity contribution is 14.0. The Morgan fingerprint density at radius 1 is 1.35 bits per heavy atom. The Balaban J connectivity index is 0.00000200. The number of aliphatic imine (C=N–C) groups is 1. The van der Waals surface area contributed by atoms with E-state index in [1.807, 2.05) is 18.4 Å².